The van der Waals surface area contributed by atoms with E-state index >= 15 is 0 Å². The Kier molecular flexibility index (Phi) is 4.62. The van der Waals surface area contributed by atoms with Gasteiger partial charge >= 0.3 is 0 Å². The number of hydrogen-bond donors (Lipinski definition) is 1. The molecule has 1 heterocycles. The predicted molar refractivity (Wildman–Crippen MR) is 74.2 cm³/mol. The Balaban J connectivity index is 1.87. The molecule has 1 aliphatic rings. The van der Waals surface area contributed by atoms with Crippen molar-refractivity contribution in [3.63, 3.8) is 0 Å². The van der Waals surface area contributed by atoms with Crippen LogP contribution in [-0.2, 0) is 11.2 Å². The minimum atomic E-state index is 0.324. The van der Waals surface area contributed by atoms with Gasteiger partial charge in [-0.25, -0.2) is 0 Å². The highest BCUT2D eigenvalue weighted by Crippen LogP contribution is 2.13. The summed E-state index contributed by atoms with van der Waals surface area (Å²) in [5.41, 5.74) is 7.70. The average Bonchev–Trinajstić information content (AvgIpc) is 2.36. The van der Waals surface area contributed by atoms with Gasteiger partial charge in [0.25, 0.3) is 0 Å². The van der Waals surface area contributed by atoms with Gasteiger partial charge < -0.3 is 10.6 Å². The maximum absolute atomic E-state index is 11.9. The van der Waals surface area contributed by atoms with E-state index in [1.807, 2.05) is 29.2 Å². The Morgan fingerprint density at radius 3 is 2.56 bits per heavy atom. The van der Waals surface area contributed by atoms with Crippen molar-refractivity contribution in [1.82, 2.24) is 4.90 Å². The van der Waals surface area contributed by atoms with E-state index in [-0.39, 0.29) is 0 Å². The quantitative estimate of drug-likeness (QED) is 0.833. The smallest absolute Gasteiger partial charge is 0.222 e. The minimum absolute atomic E-state index is 0.324. The molecule has 0 aromatic heterocycles. The summed E-state index contributed by atoms with van der Waals surface area (Å²) in [6.45, 7) is 1.76. The first-order valence-corrected chi connectivity index (χ1v) is 6.88. The topological polar surface area (TPSA) is 46.3 Å². The van der Waals surface area contributed by atoms with Gasteiger partial charge in [0.2, 0.25) is 5.91 Å². The summed E-state index contributed by atoms with van der Waals surface area (Å²) in [5, 5.41) is 0. The summed E-state index contributed by atoms with van der Waals surface area (Å²) >= 11 is 0. The molecule has 2 N–H and O–H groups in total. The van der Waals surface area contributed by atoms with E-state index in [0.29, 0.717) is 5.91 Å². The van der Waals surface area contributed by atoms with E-state index in [1.54, 1.807) is 0 Å². The van der Waals surface area contributed by atoms with Crippen LogP contribution in [-0.4, -0.2) is 23.9 Å². The lowest BCUT2D eigenvalue weighted by Gasteiger charge is -2.24. The van der Waals surface area contributed by atoms with Crippen molar-refractivity contribution in [2.45, 2.75) is 38.5 Å². The first-order chi connectivity index (χ1) is 8.75. The molecule has 0 unspecified atom stereocenters. The summed E-state index contributed by atoms with van der Waals surface area (Å²) < 4.78 is 0. The van der Waals surface area contributed by atoms with Crippen molar-refractivity contribution in [3.05, 3.63) is 29.8 Å². The van der Waals surface area contributed by atoms with Gasteiger partial charge in [0, 0.05) is 25.2 Å². The van der Waals surface area contributed by atoms with Crippen LogP contribution in [0.3, 0.4) is 0 Å². The first-order valence-electron chi connectivity index (χ1n) is 6.88. The van der Waals surface area contributed by atoms with E-state index in [9.17, 15) is 4.79 Å². The Morgan fingerprint density at radius 1 is 1.06 bits per heavy atom. The van der Waals surface area contributed by atoms with E-state index in [0.717, 1.165) is 44.5 Å². The van der Waals surface area contributed by atoms with Gasteiger partial charge in [0.05, 0.1) is 0 Å². The molecule has 0 radical (unpaired) electrons. The van der Waals surface area contributed by atoms with Gasteiger partial charge in [-0.1, -0.05) is 25.0 Å². The zero-order valence-electron chi connectivity index (χ0n) is 10.9. The van der Waals surface area contributed by atoms with Crippen molar-refractivity contribution >= 4 is 11.6 Å². The molecule has 1 fully saturated rings. The maximum atomic E-state index is 11.9. The molecule has 0 spiro atoms. The summed E-state index contributed by atoms with van der Waals surface area (Å²) in [5.74, 6) is 0.324. The SMILES string of the molecule is Nc1ccc(CCN2CCCCCCC2=O)cc1. The molecule has 3 heteroatoms. The molecule has 1 aromatic carbocycles. The fraction of sp³-hybridized carbons (Fsp3) is 0.533. The molecule has 3 nitrogen and oxygen atoms in total. The van der Waals surface area contributed by atoms with Crippen LogP contribution in [0.4, 0.5) is 5.69 Å². The predicted octanol–water partition coefficient (Wildman–Crippen LogP) is 2.60. The summed E-state index contributed by atoms with van der Waals surface area (Å²) in [7, 11) is 0. The van der Waals surface area contributed by atoms with E-state index in [4.69, 9.17) is 5.73 Å². The molecule has 1 saturated heterocycles. The van der Waals surface area contributed by atoms with Gasteiger partial charge in [0.15, 0.2) is 0 Å². The number of nitrogen functional groups attached to an aromatic ring is 1. The monoisotopic (exact) mass is 246 g/mol. The Labute approximate surface area is 109 Å². The number of likely N-dealkylation sites (tertiary alicyclic amines) is 1. The van der Waals surface area contributed by atoms with E-state index in [2.05, 4.69) is 0 Å². The number of benzene rings is 1. The van der Waals surface area contributed by atoms with Crippen molar-refractivity contribution in [2.24, 2.45) is 0 Å². The standard InChI is InChI=1S/C15H22N2O/c16-14-8-6-13(7-9-14)10-12-17-11-4-2-1-3-5-15(17)18/h6-9H,1-5,10-12,16H2. The third kappa shape index (κ3) is 3.76. The lowest BCUT2D eigenvalue weighted by atomic mass is 10.1. The van der Waals surface area contributed by atoms with Gasteiger partial charge in [-0.05, 0) is 37.0 Å². The first kappa shape index (κ1) is 12.9. The van der Waals surface area contributed by atoms with Crippen LogP contribution in [0.5, 0.6) is 0 Å². The molecule has 0 aliphatic carbocycles. The van der Waals surface area contributed by atoms with Crippen LogP contribution < -0.4 is 5.73 Å². The van der Waals surface area contributed by atoms with Gasteiger partial charge in [-0.15, -0.1) is 0 Å². The van der Waals surface area contributed by atoms with Crippen LogP contribution in [0.15, 0.2) is 24.3 Å². The molecular weight excluding hydrogens is 224 g/mol. The van der Waals surface area contributed by atoms with Crippen molar-refractivity contribution < 1.29 is 4.79 Å². The number of carbonyl (C=O) groups is 1. The lowest BCUT2D eigenvalue weighted by molar-refractivity contribution is -0.131. The van der Waals surface area contributed by atoms with Crippen LogP contribution in [0.25, 0.3) is 0 Å². The van der Waals surface area contributed by atoms with Crippen LogP contribution in [0, 0.1) is 0 Å². The van der Waals surface area contributed by atoms with Gasteiger partial charge in [0.1, 0.15) is 0 Å². The number of amides is 1. The lowest BCUT2D eigenvalue weighted by Crippen LogP contribution is -2.34. The van der Waals surface area contributed by atoms with Crippen LogP contribution in [0.1, 0.15) is 37.7 Å². The average molecular weight is 246 g/mol. The van der Waals surface area contributed by atoms with Crippen LogP contribution in [0.2, 0.25) is 0 Å². The fourth-order valence-corrected chi connectivity index (χ4v) is 2.40. The molecular formula is C15H22N2O. The molecule has 1 amide bonds. The third-order valence-corrected chi connectivity index (χ3v) is 3.57. The molecule has 1 aromatic rings. The van der Waals surface area contributed by atoms with E-state index in [1.165, 1.54) is 18.4 Å². The Bertz CT molecular complexity index is 386. The number of nitrogens with two attached hydrogens (primary N) is 1. The largest absolute Gasteiger partial charge is 0.399 e. The second-order valence-corrected chi connectivity index (χ2v) is 5.04. The second-order valence-electron chi connectivity index (χ2n) is 5.04. The van der Waals surface area contributed by atoms with E-state index < -0.39 is 0 Å². The van der Waals surface area contributed by atoms with Crippen LogP contribution >= 0.6 is 0 Å². The molecule has 98 valence electrons. The normalized spacial score (nSPS) is 17.3. The van der Waals surface area contributed by atoms with Crippen molar-refractivity contribution in [1.29, 1.82) is 0 Å². The maximum Gasteiger partial charge on any atom is 0.222 e. The highest BCUT2D eigenvalue weighted by Gasteiger charge is 2.14. The molecule has 18 heavy (non-hydrogen) atoms. The zero-order chi connectivity index (χ0) is 12.8. The summed E-state index contributed by atoms with van der Waals surface area (Å²) in [6.07, 6.45) is 6.31. The highest BCUT2D eigenvalue weighted by atomic mass is 16.2. The number of nitrogens with zero attached hydrogens (tertiary/aromatic N) is 1. The fourth-order valence-electron chi connectivity index (χ4n) is 2.40. The van der Waals surface area contributed by atoms with Gasteiger partial charge in [-0.2, -0.15) is 0 Å². The minimum Gasteiger partial charge on any atom is -0.399 e. The van der Waals surface area contributed by atoms with Crippen molar-refractivity contribution in [2.75, 3.05) is 18.8 Å². The number of hydrogen-bond acceptors (Lipinski definition) is 2. The summed E-state index contributed by atoms with van der Waals surface area (Å²) in [4.78, 5) is 14.0. The third-order valence-electron chi connectivity index (χ3n) is 3.57. The summed E-state index contributed by atoms with van der Waals surface area (Å²) in [6, 6.07) is 7.93. The van der Waals surface area contributed by atoms with Crippen molar-refractivity contribution in [3.8, 4) is 0 Å². The second kappa shape index (κ2) is 6.43. The van der Waals surface area contributed by atoms with Gasteiger partial charge in [-0.3, -0.25) is 4.79 Å². The molecule has 0 saturated carbocycles. The Hall–Kier alpha value is -1.51. The Morgan fingerprint density at radius 2 is 1.78 bits per heavy atom. The number of rotatable bonds is 3. The number of carbonyl (C=O) groups excluding carboxylic acids is 1. The number of anilines is 1. The zero-order valence-corrected chi connectivity index (χ0v) is 10.9. The molecule has 0 bridgehead atoms. The molecule has 1 aliphatic heterocycles. The molecule has 0 atom stereocenters. The highest BCUT2D eigenvalue weighted by molar-refractivity contribution is 5.76. The molecule has 2 rings (SSSR count).